The molecule has 68 heavy (non-hydrogen) atoms. The van der Waals surface area contributed by atoms with Gasteiger partial charge in [-0.3, -0.25) is 10.2 Å². The van der Waals surface area contributed by atoms with Crippen LogP contribution in [0, 0.1) is 0 Å². The number of benzene rings is 3. The van der Waals surface area contributed by atoms with Crippen molar-refractivity contribution in [2.45, 2.75) is 169 Å². The molecule has 17 heteroatoms. The molecule has 0 unspecified atom stereocenters. The molecule has 1 amide bonds. The highest BCUT2D eigenvalue weighted by Crippen LogP contribution is 2.41. The van der Waals surface area contributed by atoms with E-state index in [0.717, 1.165) is 16.7 Å². The summed E-state index contributed by atoms with van der Waals surface area (Å²) >= 11 is 0. The molecule has 7 N–H and O–H groups in total. The summed E-state index contributed by atoms with van der Waals surface area (Å²) in [6, 6.07) is 27.6. The van der Waals surface area contributed by atoms with Gasteiger partial charge in [0.1, 0.15) is 46.2 Å². The molecule has 3 aromatic carbocycles. The summed E-state index contributed by atoms with van der Waals surface area (Å²) in [6.45, 7) is 25.8. The van der Waals surface area contributed by atoms with Crippen LogP contribution in [0.4, 0.5) is 14.4 Å². The Labute approximate surface area is 403 Å². The van der Waals surface area contributed by atoms with Gasteiger partial charge in [0.05, 0.1) is 44.1 Å². The molecule has 2 saturated heterocycles. The SMILES string of the molecule is CC(C)(C)OC(=O)N1[C@H](CO)[C@@H](c2ccccc2)OC1(C)C.CC(C)(C)OC(=O)OC(=O)OC(C)(C)C.CC(C)=O.CC1(C)N[C@H](CO)[C@@H](c2ccccc2)O1.N[C@H](CO)[C@H](O)c1ccccc1. The number of aliphatic hydroxyl groups excluding tert-OH is 4. The molecule has 2 fully saturated rings. The van der Waals surface area contributed by atoms with Crippen molar-refractivity contribution in [3.05, 3.63) is 108 Å². The van der Waals surface area contributed by atoms with Gasteiger partial charge in [0, 0.05) is 0 Å². The van der Waals surface area contributed by atoms with Crippen molar-refractivity contribution in [1.82, 2.24) is 10.2 Å². The van der Waals surface area contributed by atoms with Crippen LogP contribution in [-0.2, 0) is 33.2 Å². The van der Waals surface area contributed by atoms with Crippen LogP contribution in [0.3, 0.4) is 0 Å². The van der Waals surface area contributed by atoms with E-state index in [1.54, 1.807) is 53.7 Å². The first-order valence-corrected chi connectivity index (χ1v) is 22.4. The summed E-state index contributed by atoms with van der Waals surface area (Å²) in [5, 5.41) is 40.5. The third kappa shape index (κ3) is 23.4. The van der Waals surface area contributed by atoms with Gasteiger partial charge in [-0.05, 0) is 121 Å². The lowest BCUT2D eigenvalue weighted by Gasteiger charge is -2.34. The fraction of sp³-hybridized carbons (Fsp3) is 0.569. The molecule has 0 bridgehead atoms. The van der Waals surface area contributed by atoms with Gasteiger partial charge in [0.25, 0.3) is 0 Å². The molecule has 0 aromatic heterocycles. The largest absolute Gasteiger partial charge is 0.519 e. The quantitative estimate of drug-likeness (QED) is 0.0745. The number of ketones is 1. The van der Waals surface area contributed by atoms with E-state index >= 15 is 0 Å². The van der Waals surface area contributed by atoms with Crippen molar-refractivity contribution >= 4 is 24.2 Å². The zero-order valence-electron chi connectivity index (χ0n) is 42.6. The summed E-state index contributed by atoms with van der Waals surface area (Å²) < 4.78 is 31.2. The van der Waals surface area contributed by atoms with Crippen molar-refractivity contribution in [2.75, 3.05) is 19.8 Å². The lowest BCUT2D eigenvalue weighted by atomic mass is 10.0. The number of nitrogens with two attached hydrogens (primary N) is 1. The maximum Gasteiger partial charge on any atom is 0.519 e. The molecule has 2 aliphatic rings. The van der Waals surface area contributed by atoms with Crippen molar-refractivity contribution in [1.29, 1.82) is 0 Å². The van der Waals surface area contributed by atoms with E-state index in [0.29, 0.717) is 0 Å². The Bertz CT molecular complexity index is 1920. The summed E-state index contributed by atoms with van der Waals surface area (Å²) in [4.78, 5) is 45.5. The minimum absolute atomic E-state index is 0.0256. The molecule has 5 rings (SSSR count). The average Bonchev–Trinajstić information content (AvgIpc) is 3.70. The second-order valence-corrected chi connectivity index (χ2v) is 20.0. The zero-order chi connectivity index (χ0) is 52.3. The highest BCUT2D eigenvalue weighted by Gasteiger charge is 2.51. The normalized spacial score (nSPS) is 20.1. The van der Waals surface area contributed by atoms with Crippen molar-refractivity contribution in [3.63, 3.8) is 0 Å². The predicted molar refractivity (Wildman–Crippen MR) is 258 cm³/mol. The molecular weight excluding hydrogens is 879 g/mol. The zero-order valence-corrected chi connectivity index (χ0v) is 42.6. The molecule has 382 valence electrons. The Morgan fingerprint density at radius 1 is 0.662 bits per heavy atom. The van der Waals surface area contributed by atoms with E-state index in [9.17, 15) is 34.5 Å². The second-order valence-electron chi connectivity index (χ2n) is 20.0. The highest BCUT2D eigenvalue weighted by atomic mass is 16.8. The fourth-order valence-electron chi connectivity index (χ4n) is 6.40. The van der Waals surface area contributed by atoms with Gasteiger partial charge < -0.3 is 59.4 Å². The first-order chi connectivity index (χ1) is 31.3. The van der Waals surface area contributed by atoms with Crippen LogP contribution in [0.1, 0.15) is 139 Å². The van der Waals surface area contributed by atoms with Gasteiger partial charge in [-0.25, -0.2) is 14.4 Å². The first-order valence-electron chi connectivity index (χ1n) is 22.4. The predicted octanol–water partition coefficient (Wildman–Crippen LogP) is 8.04. The molecule has 0 saturated carbocycles. The van der Waals surface area contributed by atoms with E-state index < -0.39 is 59.1 Å². The number of carbonyl (C=O) groups is 4. The molecule has 3 aromatic rings. The topological polar surface area (TPSA) is 246 Å². The summed E-state index contributed by atoms with van der Waals surface area (Å²) in [6.07, 6.45) is -3.82. The summed E-state index contributed by atoms with van der Waals surface area (Å²) in [5.74, 6) is 0.167. The monoisotopic (exact) mass is 958 g/mol. The lowest BCUT2D eigenvalue weighted by Crippen LogP contribution is -2.51. The van der Waals surface area contributed by atoms with Gasteiger partial charge in [0.2, 0.25) is 0 Å². The average molecular weight is 958 g/mol. The Morgan fingerprint density at radius 3 is 1.43 bits per heavy atom. The molecule has 2 heterocycles. The number of Topliss-reactive ketones (excluding diaryl/α,β-unsaturated/α-hetero) is 1. The number of carbonyl (C=O) groups excluding carboxylic acids is 4. The molecule has 0 radical (unpaired) electrons. The summed E-state index contributed by atoms with van der Waals surface area (Å²) in [5.41, 5.74) is 5.01. The molecule has 17 nitrogen and oxygen atoms in total. The van der Waals surface area contributed by atoms with E-state index in [1.807, 2.05) is 127 Å². The van der Waals surface area contributed by atoms with Gasteiger partial charge in [-0.2, -0.15) is 0 Å². The lowest BCUT2D eigenvalue weighted by molar-refractivity contribution is -0.115. The molecule has 0 aliphatic carbocycles. The number of rotatable bonds is 7. The van der Waals surface area contributed by atoms with Crippen LogP contribution in [0.2, 0.25) is 0 Å². The maximum absolute atomic E-state index is 12.5. The van der Waals surface area contributed by atoms with Crippen molar-refractivity contribution < 1.29 is 68.0 Å². The fourth-order valence-corrected chi connectivity index (χ4v) is 6.40. The van der Waals surface area contributed by atoms with Crippen molar-refractivity contribution in [3.8, 4) is 0 Å². The third-order valence-electron chi connectivity index (χ3n) is 8.93. The number of nitrogens with one attached hydrogen (secondary N) is 1. The Morgan fingerprint density at radius 2 is 1.06 bits per heavy atom. The van der Waals surface area contributed by atoms with Crippen LogP contribution in [0.15, 0.2) is 91.0 Å². The number of aliphatic hydroxyl groups is 4. The highest BCUT2D eigenvalue weighted by molar-refractivity contribution is 5.77. The van der Waals surface area contributed by atoms with E-state index in [1.165, 1.54) is 18.7 Å². The number of amides is 1. The Hall–Kier alpha value is -4.98. The minimum atomic E-state index is -1.06. The van der Waals surface area contributed by atoms with E-state index in [-0.39, 0.29) is 49.6 Å². The number of nitrogens with zero attached hydrogens (tertiary/aromatic N) is 1. The van der Waals surface area contributed by atoms with E-state index in [4.69, 9.17) is 34.5 Å². The van der Waals surface area contributed by atoms with Crippen LogP contribution in [-0.4, -0.2) is 116 Å². The first kappa shape index (κ1) is 61.0. The van der Waals surface area contributed by atoms with E-state index in [2.05, 4.69) is 10.1 Å². The van der Waals surface area contributed by atoms with Crippen LogP contribution >= 0.6 is 0 Å². The Balaban J connectivity index is 0.000000451. The van der Waals surface area contributed by atoms with Crippen LogP contribution in [0.5, 0.6) is 0 Å². The number of hydrogen-bond donors (Lipinski definition) is 6. The molecular formula is C51H79N3O14. The van der Waals surface area contributed by atoms with Gasteiger partial charge in [-0.1, -0.05) is 91.0 Å². The third-order valence-corrected chi connectivity index (χ3v) is 8.93. The number of hydrogen-bond acceptors (Lipinski definition) is 16. The van der Waals surface area contributed by atoms with Crippen LogP contribution < -0.4 is 11.1 Å². The van der Waals surface area contributed by atoms with Gasteiger partial charge in [-0.15, -0.1) is 0 Å². The maximum atomic E-state index is 12.5. The van der Waals surface area contributed by atoms with Gasteiger partial charge in [0.15, 0.2) is 0 Å². The minimum Gasteiger partial charge on any atom is -0.444 e. The molecule has 6 atom stereocenters. The standard InChI is InChI=1S/C17H25NO4.C12H17NO2.C10H18O5.C9H13NO2.C3H6O/c1-16(2,3)22-15(20)18-13(11-19)14(21-17(18,4)5)12-9-7-6-8-10-12;1-12(2)13-10(8-14)11(15-12)9-6-4-3-5-7-9;1-9(2,3)14-7(11)13-8(12)15-10(4,5)6;10-8(6-11)9(12)7-4-2-1-3-5-7;1-3(2)4/h6-10,13-14,19H,11H2,1-5H3;3-7,10-11,13-14H,8H2,1-2H3;1-6H3;1-5,8-9,11-12H,6,10H2;1-2H3/t13-,14-;10-,11-;;8-,9-;/m11.1./s1. The Kier molecular flexibility index (Phi) is 24.5. The second kappa shape index (κ2) is 27.3. The number of ether oxygens (including phenoxy) is 6. The van der Waals surface area contributed by atoms with Crippen molar-refractivity contribution in [2.24, 2.45) is 5.73 Å². The molecule has 2 aliphatic heterocycles. The smallest absolute Gasteiger partial charge is 0.444 e. The summed E-state index contributed by atoms with van der Waals surface area (Å²) in [7, 11) is 0. The van der Waals surface area contributed by atoms with Gasteiger partial charge >= 0.3 is 18.4 Å². The molecule has 0 spiro atoms. The van der Waals surface area contributed by atoms with Crippen LogP contribution in [0.25, 0.3) is 0 Å².